The molecule has 0 saturated heterocycles. The monoisotopic (exact) mass is 324 g/mol. The van der Waals surface area contributed by atoms with Crippen LogP contribution in [0.15, 0.2) is 36.5 Å². The molecule has 118 valence electrons. The summed E-state index contributed by atoms with van der Waals surface area (Å²) in [6.45, 7) is 4.06. The number of hydrogen-bond donors (Lipinski definition) is 1. The third kappa shape index (κ3) is 3.96. The van der Waals surface area contributed by atoms with Crippen LogP contribution in [0.4, 0.5) is 5.13 Å². The molecule has 0 atom stereocenters. The maximum atomic E-state index is 9.15. The van der Waals surface area contributed by atoms with Crippen molar-refractivity contribution in [2.75, 3.05) is 5.32 Å². The summed E-state index contributed by atoms with van der Waals surface area (Å²) in [5, 5.41) is 22.9. The van der Waals surface area contributed by atoms with Gasteiger partial charge in [0, 0.05) is 18.0 Å². The number of rotatable bonds is 5. The zero-order chi connectivity index (χ0) is 16.1. The average molecular weight is 324 g/mol. The summed E-state index contributed by atoms with van der Waals surface area (Å²) < 4.78 is 0. The summed E-state index contributed by atoms with van der Waals surface area (Å²) in [5.41, 5.74) is 2.50. The minimum Gasteiger partial charge on any atom is -0.334 e. The fourth-order valence-electron chi connectivity index (χ4n) is 3.01. The van der Waals surface area contributed by atoms with Crippen LogP contribution in [0.5, 0.6) is 0 Å². The molecule has 5 heteroatoms. The van der Waals surface area contributed by atoms with Crippen LogP contribution in [0, 0.1) is 11.3 Å². The molecule has 0 spiro atoms. The highest BCUT2D eigenvalue weighted by atomic mass is 32.1. The first-order valence-corrected chi connectivity index (χ1v) is 8.84. The van der Waals surface area contributed by atoms with E-state index in [-0.39, 0.29) is 0 Å². The van der Waals surface area contributed by atoms with Crippen LogP contribution in [0.3, 0.4) is 0 Å². The van der Waals surface area contributed by atoms with Crippen LogP contribution in [-0.2, 0) is 6.42 Å². The van der Waals surface area contributed by atoms with Crippen LogP contribution in [0.25, 0.3) is 0 Å². The number of anilines is 1. The van der Waals surface area contributed by atoms with Gasteiger partial charge in [-0.3, -0.25) is 0 Å². The van der Waals surface area contributed by atoms with Gasteiger partial charge in [0.2, 0.25) is 5.13 Å². The number of hydrogen-bond acceptors (Lipinski definition) is 5. The highest BCUT2D eigenvalue weighted by Gasteiger charge is 2.19. The molecule has 1 aromatic heterocycles. The van der Waals surface area contributed by atoms with Crippen LogP contribution >= 0.6 is 11.3 Å². The highest BCUT2D eigenvalue weighted by Crippen LogP contribution is 2.35. The molecule has 1 fully saturated rings. The summed E-state index contributed by atoms with van der Waals surface area (Å²) in [6.07, 6.45) is 7.00. The van der Waals surface area contributed by atoms with Gasteiger partial charge < -0.3 is 5.32 Å². The predicted octanol–water partition coefficient (Wildman–Crippen LogP) is 4.63. The van der Waals surface area contributed by atoms with Crippen molar-refractivity contribution in [2.45, 2.75) is 44.4 Å². The topological polar surface area (TPSA) is 61.6 Å². The number of nitrogens with zero attached hydrogens (tertiary/aromatic N) is 3. The molecule has 4 nitrogen and oxygen atoms in total. The smallest absolute Gasteiger partial charge is 0.209 e. The van der Waals surface area contributed by atoms with Crippen molar-refractivity contribution in [3.8, 4) is 6.07 Å². The molecule has 2 aromatic rings. The number of benzene rings is 1. The maximum absolute atomic E-state index is 9.15. The van der Waals surface area contributed by atoms with Crippen LogP contribution in [-0.4, -0.2) is 10.2 Å². The highest BCUT2D eigenvalue weighted by molar-refractivity contribution is 7.15. The van der Waals surface area contributed by atoms with Crippen LogP contribution in [0.1, 0.15) is 54.2 Å². The van der Waals surface area contributed by atoms with E-state index in [4.69, 9.17) is 5.26 Å². The lowest BCUT2D eigenvalue weighted by Crippen LogP contribution is -2.03. The third-order valence-corrected chi connectivity index (χ3v) is 5.22. The van der Waals surface area contributed by atoms with E-state index in [9.17, 15) is 0 Å². The Morgan fingerprint density at radius 1 is 1.26 bits per heavy atom. The first-order chi connectivity index (χ1) is 11.3. The Bertz CT molecular complexity index is 723. The summed E-state index contributed by atoms with van der Waals surface area (Å²) in [6, 6.07) is 9.82. The second kappa shape index (κ2) is 7.38. The number of aromatic nitrogens is 2. The Morgan fingerprint density at radius 2 is 2.04 bits per heavy atom. The molecule has 0 amide bonds. The van der Waals surface area contributed by atoms with Crippen molar-refractivity contribution in [3.05, 3.63) is 52.7 Å². The first kappa shape index (κ1) is 15.7. The maximum Gasteiger partial charge on any atom is 0.209 e. The van der Waals surface area contributed by atoms with Crippen molar-refractivity contribution >= 4 is 16.5 Å². The molecule has 3 rings (SSSR count). The molecule has 1 saturated carbocycles. The van der Waals surface area contributed by atoms with Crippen molar-refractivity contribution < 1.29 is 0 Å². The third-order valence-electron chi connectivity index (χ3n) is 4.22. The molecule has 1 heterocycles. The van der Waals surface area contributed by atoms with Gasteiger partial charge in [0.25, 0.3) is 0 Å². The van der Waals surface area contributed by atoms with Crippen LogP contribution in [0.2, 0.25) is 0 Å². The van der Waals surface area contributed by atoms with Gasteiger partial charge in [-0.15, -0.1) is 10.2 Å². The summed E-state index contributed by atoms with van der Waals surface area (Å²) >= 11 is 1.63. The van der Waals surface area contributed by atoms with Crippen molar-refractivity contribution in [1.29, 1.82) is 5.26 Å². The van der Waals surface area contributed by atoms with E-state index in [1.807, 2.05) is 24.3 Å². The first-order valence-electron chi connectivity index (χ1n) is 8.02. The summed E-state index contributed by atoms with van der Waals surface area (Å²) in [5.74, 6) is 0.574. The standard InChI is InChI=1S/C18H20N4S/c1-13(11-15-9-5-6-10-16(15)12-19)20-18-22-21-17(23-18)14-7-3-2-4-8-14/h5-6,9-10,14H,1-4,7-8,11H2,(H,20,22). The molecule has 0 aliphatic heterocycles. The molecule has 1 aliphatic rings. The second-order valence-electron chi connectivity index (χ2n) is 5.95. The van der Waals surface area contributed by atoms with Gasteiger partial charge in [-0.2, -0.15) is 5.26 Å². The zero-order valence-corrected chi connectivity index (χ0v) is 13.9. The molecule has 0 bridgehead atoms. The molecule has 1 N–H and O–H groups in total. The van der Waals surface area contributed by atoms with E-state index in [0.29, 0.717) is 17.9 Å². The Kier molecular flexibility index (Phi) is 5.04. The molecule has 23 heavy (non-hydrogen) atoms. The van der Waals surface area contributed by atoms with E-state index >= 15 is 0 Å². The summed E-state index contributed by atoms with van der Waals surface area (Å²) in [4.78, 5) is 0. The fourth-order valence-corrected chi connectivity index (χ4v) is 3.97. The lowest BCUT2D eigenvalue weighted by Gasteiger charge is -2.18. The van der Waals surface area contributed by atoms with E-state index in [0.717, 1.165) is 21.4 Å². The van der Waals surface area contributed by atoms with Crippen molar-refractivity contribution in [2.24, 2.45) is 0 Å². The molecular formula is C18H20N4S. The van der Waals surface area contributed by atoms with E-state index in [1.165, 1.54) is 32.1 Å². The van der Waals surface area contributed by atoms with Gasteiger partial charge in [-0.1, -0.05) is 55.4 Å². The minimum absolute atomic E-state index is 0.574. The molecule has 1 aromatic carbocycles. The second-order valence-corrected chi connectivity index (χ2v) is 6.96. The lowest BCUT2D eigenvalue weighted by molar-refractivity contribution is 0.440. The van der Waals surface area contributed by atoms with Crippen molar-refractivity contribution in [1.82, 2.24) is 10.2 Å². The van der Waals surface area contributed by atoms with Gasteiger partial charge in [-0.05, 0) is 24.5 Å². The quantitative estimate of drug-likeness (QED) is 0.871. The van der Waals surface area contributed by atoms with Gasteiger partial charge in [-0.25, -0.2) is 0 Å². The molecule has 1 aliphatic carbocycles. The Balaban J connectivity index is 1.62. The molecular weight excluding hydrogens is 304 g/mol. The van der Waals surface area contributed by atoms with E-state index in [2.05, 4.69) is 28.2 Å². The number of nitriles is 1. The normalized spacial score (nSPS) is 15.1. The average Bonchev–Trinajstić information content (AvgIpc) is 3.04. The number of nitrogens with one attached hydrogen (secondary N) is 1. The van der Waals surface area contributed by atoms with E-state index < -0.39 is 0 Å². The minimum atomic E-state index is 0.574. The van der Waals surface area contributed by atoms with Gasteiger partial charge in [0.15, 0.2) is 0 Å². The SMILES string of the molecule is C=C(Cc1ccccc1C#N)Nc1nnc(C2CCCCC2)s1. The zero-order valence-electron chi connectivity index (χ0n) is 13.1. The number of allylic oxidation sites excluding steroid dienone is 1. The van der Waals surface area contributed by atoms with Crippen LogP contribution < -0.4 is 5.32 Å². The molecule has 0 unspecified atom stereocenters. The summed E-state index contributed by atoms with van der Waals surface area (Å²) in [7, 11) is 0. The fraction of sp³-hybridized carbons (Fsp3) is 0.389. The van der Waals surface area contributed by atoms with Gasteiger partial charge >= 0.3 is 0 Å². The van der Waals surface area contributed by atoms with Gasteiger partial charge in [0.1, 0.15) is 5.01 Å². The largest absolute Gasteiger partial charge is 0.334 e. The van der Waals surface area contributed by atoms with E-state index in [1.54, 1.807) is 11.3 Å². The lowest BCUT2D eigenvalue weighted by atomic mass is 9.90. The Morgan fingerprint density at radius 3 is 2.83 bits per heavy atom. The van der Waals surface area contributed by atoms with Crippen molar-refractivity contribution in [3.63, 3.8) is 0 Å². The Hall–Kier alpha value is -2.19. The Labute approximate surface area is 140 Å². The molecule has 0 radical (unpaired) electrons. The predicted molar refractivity (Wildman–Crippen MR) is 93.4 cm³/mol. The van der Waals surface area contributed by atoms with Gasteiger partial charge in [0.05, 0.1) is 11.6 Å².